The minimum atomic E-state index is -3.64. The second kappa shape index (κ2) is 7.32. The maximum absolute atomic E-state index is 12.4. The number of benzene rings is 1. The Kier molecular flexibility index (Phi) is 5.14. The molecule has 134 valence electrons. The van der Waals surface area contributed by atoms with E-state index in [0.29, 0.717) is 11.8 Å². The van der Waals surface area contributed by atoms with Crippen LogP contribution >= 0.6 is 0 Å². The van der Waals surface area contributed by atoms with E-state index in [1.807, 2.05) is 17.9 Å². The lowest BCUT2D eigenvalue weighted by Crippen LogP contribution is -2.26. The third-order valence-electron chi connectivity index (χ3n) is 3.94. The number of hydrogen-bond acceptors (Lipinski definition) is 7. The lowest BCUT2D eigenvalue weighted by Gasteiger charge is -2.16. The van der Waals surface area contributed by atoms with E-state index in [4.69, 9.17) is 4.74 Å². The van der Waals surface area contributed by atoms with Crippen LogP contribution in [0.25, 0.3) is 0 Å². The van der Waals surface area contributed by atoms with Crippen LogP contribution in [0, 0.1) is 6.92 Å². The number of nitrogens with one attached hydrogen (secondary N) is 1. The van der Waals surface area contributed by atoms with E-state index in [1.54, 1.807) is 18.2 Å². The molecule has 25 heavy (non-hydrogen) atoms. The Morgan fingerprint density at radius 2 is 1.96 bits per heavy atom. The first-order chi connectivity index (χ1) is 12.0. The number of ether oxygens (including phenoxy) is 1. The Morgan fingerprint density at radius 1 is 1.20 bits per heavy atom. The summed E-state index contributed by atoms with van der Waals surface area (Å²) in [6, 6.07) is 6.91. The van der Waals surface area contributed by atoms with Crippen LogP contribution in [0.15, 0.2) is 29.2 Å². The normalized spacial score (nSPS) is 14.7. The number of methoxy groups -OCH3 is 1. The van der Waals surface area contributed by atoms with Gasteiger partial charge in [-0.15, -0.1) is 0 Å². The topological polar surface area (TPSA) is 97.3 Å². The highest BCUT2D eigenvalue weighted by atomic mass is 32.2. The molecule has 8 nitrogen and oxygen atoms in total. The van der Waals surface area contributed by atoms with Crippen molar-refractivity contribution in [3.63, 3.8) is 0 Å². The fourth-order valence-electron chi connectivity index (χ4n) is 2.64. The molecule has 0 unspecified atom stereocenters. The number of rotatable bonds is 6. The van der Waals surface area contributed by atoms with E-state index >= 15 is 0 Å². The van der Waals surface area contributed by atoms with Crippen molar-refractivity contribution in [1.82, 2.24) is 19.7 Å². The van der Waals surface area contributed by atoms with Gasteiger partial charge in [-0.1, -0.05) is 12.1 Å². The molecule has 2 heterocycles. The van der Waals surface area contributed by atoms with Gasteiger partial charge >= 0.3 is 6.01 Å². The maximum atomic E-state index is 12.4. The molecule has 1 aromatic heterocycles. The summed E-state index contributed by atoms with van der Waals surface area (Å²) in [7, 11) is -2.16. The zero-order chi connectivity index (χ0) is 17.9. The molecule has 2 aromatic rings. The van der Waals surface area contributed by atoms with Crippen molar-refractivity contribution in [3.05, 3.63) is 35.7 Å². The molecule has 1 aliphatic rings. The van der Waals surface area contributed by atoms with Crippen LogP contribution in [0.1, 0.15) is 24.2 Å². The Bertz CT molecular complexity index is 851. The summed E-state index contributed by atoms with van der Waals surface area (Å²) in [5, 5.41) is 0. The van der Waals surface area contributed by atoms with Gasteiger partial charge in [0.15, 0.2) is 5.82 Å². The van der Waals surface area contributed by atoms with E-state index in [-0.39, 0.29) is 17.5 Å². The lowest BCUT2D eigenvalue weighted by atomic mass is 10.2. The number of aromatic nitrogens is 3. The summed E-state index contributed by atoms with van der Waals surface area (Å²) in [4.78, 5) is 15.0. The van der Waals surface area contributed by atoms with Gasteiger partial charge in [0, 0.05) is 13.1 Å². The number of hydrogen-bond donors (Lipinski definition) is 1. The fourth-order valence-corrected chi connectivity index (χ4v) is 3.73. The highest BCUT2D eigenvalue weighted by molar-refractivity contribution is 7.89. The van der Waals surface area contributed by atoms with Crippen molar-refractivity contribution in [3.8, 4) is 6.01 Å². The third-order valence-corrected chi connectivity index (χ3v) is 5.34. The molecule has 1 aliphatic heterocycles. The smallest absolute Gasteiger partial charge is 0.321 e. The maximum Gasteiger partial charge on any atom is 0.321 e. The SMILES string of the molecule is COc1nc(CNS(=O)(=O)c2cccc(C)c2)nc(N2CCCC2)n1. The van der Waals surface area contributed by atoms with E-state index in [9.17, 15) is 8.42 Å². The highest BCUT2D eigenvalue weighted by Crippen LogP contribution is 2.18. The number of aryl methyl sites for hydroxylation is 1. The summed E-state index contributed by atoms with van der Waals surface area (Å²) in [6.07, 6.45) is 2.17. The minimum absolute atomic E-state index is 0.0318. The number of anilines is 1. The second-order valence-electron chi connectivity index (χ2n) is 5.87. The first-order valence-electron chi connectivity index (χ1n) is 8.08. The summed E-state index contributed by atoms with van der Waals surface area (Å²) in [5.41, 5.74) is 0.876. The van der Waals surface area contributed by atoms with E-state index in [0.717, 1.165) is 31.5 Å². The summed E-state index contributed by atoms with van der Waals surface area (Å²) >= 11 is 0. The van der Waals surface area contributed by atoms with E-state index in [1.165, 1.54) is 7.11 Å². The first kappa shape index (κ1) is 17.6. The molecule has 0 bridgehead atoms. The van der Waals surface area contributed by atoms with Crippen LogP contribution in [0.2, 0.25) is 0 Å². The van der Waals surface area contributed by atoms with Crippen molar-refractivity contribution >= 4 is 16.0 Å². The van der Waals surface area contributed by atoms with Crippen molar-refractivity contribution in [2.45, 2.75) is 31.2 Å². The summed E-state index contributed by atoms with van der Waals surface area (Å²) in [6.45, 7) is 3.57. The molecule has 1 aromatic carbocycles. The van der Waals surface area contributed by atoms with Gasteiger partial charge in [0.2, 0.25) is 16.0 Å². The molecule has 9 heteroatoms. The van der Waals surface area contributed by atoms with Gasteiger partial charge in [0.1, 0.15) is 0 Å². The zero-order valence-electron chi connectivity index (χ0n) is 14.3. The molecular formula is C16H21N5O3S. The average molecular weight is 363 g/mol. The van der Waals surface area contributed by atoms with Gasteiger partial charge in [0.05, 0.1) is 18.6 Å². The third kappa shape index (κ3) is 4.23. The standard InChI is InChI=1S/C16H21N5O3S/c1-12-6-5-7-13(10-12)25(22,23)17-11-14-18-15(20-16(19-14)24-2)21-8-3-4-9-21/h5-7,10,17H,3-4,8-9,11H2,1-2H3. The van der Waals surface area contributed by atoms with Crippen LogP contribution in [0.3, 0.4) is 0 Å². The first-order valence-corrected chi connectivity index (χ1v) is 9.56. The van der Waals surface area contributed by atoms with E-state index in [2.05, 4.69) is 19.7 Å². The van der Waals surface area contributed by atoms with Gasteiger partial charge in [-0.05, 0) is 37.5 Å². The quantitative estimate of drug-likeness (QED) is 0.825. The molecular weight excluding hydrogens is 342 g/mol. The predicted octanol–water partition coefficient (Wildman–Crippen LogP) is 1.27. The van der Waals surface area contributed by atoms with Crippen LogP contribution in [-0.4, -0.2) is 43.6 Å². The Hall–Kier alpha value is -2.26. The van der Waals surface area contributed by atoms with Crippen molar-refractivity contribution in [1.29, 1.82) is 0 Å². The molecule has 0 aliphatic carbocycles. The van der Waals surface area contributed by atoms with Gasteiger partial charge in [-0.3, -0.25) is 0 Å². The summed E-state index contributed by atoms with van der Waals surface area (Å²) < 4.78 is 32.5. The minimum Gasteiger partial charge on any atom is -0.467 e. The van der Waals surface area contributed by atoms with Crippen molar-refractivity contribution < 1.29 is 13.2 Å². The monoisotopic (exact) mass is 363 g/mol. The van der Waals surface area contributed by atoms with E-state index < -0.39 is 10.0 Å². The fraction of sp³-hybridized carbons (Fsp3) is 0.438. The average Bonchev–Trinajstić information content (AvgIpc) is 3.14. The molecule has 1 N–H and O–H groups in total. The number of sulfonamides is 1. The van der Waals surface area contributed by atoms with Crippen LogP contribution < -0.4 is 14.4 Å². The Balaban J connectivity index is 1.79. The van der Waals surface area contributed by atoms with Gasteiger partial charge in [0.25, 0.3) is 0 Å². The van der Waals surface area contributed by atoms with Gasteiger partial charge in [-0.2, -0.15) is 15.0 Å². The summed E-state index contributed by atoms with van der Waals surface area (Å²) in [5.74, 6) is 0.846. The molecule has 1 saturated heterocycles. The van der Waals surface area contributed by atoms with Crippen LogP contribution in [-0.2, 0) is 16.6 Å². The molecule has 1 fully saturated rings. The van der Waals surface area contributed by atoms with Crippen molar-refractivity contribution in [2.24, 2.45) is 0 Å². The second-order valence-corrected chi connectivity index (χ2v) is 7.64. The molecule has 0 radical (unpaired) electrons. The molecule has 0 atom stereocenters. The Morgan fingerprint density at radius 3 is 2.64 bits per heavy atom. The zero-order valence-corrected chi connectivity index (χ0v) is 15.1. The van der Waals surface area contributed by atoms with Crippen molar-refractivity contribution in [2.75, 3.05) is 25.1 Å². The highest BCUT2D eigenvalue weighted by Gasteiger charge is 2.19. The predicted molar refractivity (Wildman–Crippen MR) is 93.0 cm³/mol. The number of nitrogens with zero attached hydrogens (tertiary/aromatic N) is 4. The van der Waals surface area contributed by atoms with Crippen LogP contribution in [0.5, 0.6) is 6.01 Å². The molecule has 0 amide bonds. The molecule has 3 rings (SSSR count). The van der Waals surface area contributed by atoms with Gasteiger partial charge in [-0.25, -0.2) is 13.1 Å². The molecule has 0 saturated carbocycles. The van der Waals surface area contributed by atoms with Crippen LogP contribution in [0.4, 0.5) is 5.95 Å². The lowest BCUT2D eigenvalue weighted by molar-refractivity contribution is 0.375. The largest absolute Gasteiger partial charge is 0.467 e. The van der Waals surface area contributed by atoms with Gasteiger partial charge < -0.3 is 9.64 Å². The Labute approximate surface area is 147 Å². The molecule has 0 spiro atoms.